The quantitative estimate of drug-likeness (QED) is 0.418. The fourth-order valence-corrected chi connectivity index (χ4v) is 4.75. The standard InChI is InChI=1S/C26H25ClN6O2/c27-19-5-3-4-18(15-19)20-16-29-33-13-10-22(30-25(20)33)26(35)31-21-6-1-2-7-23(21)32-11-8-17(9-12-32)14-24(28)34/h1-7,10,13,15-17H,8-9,11-12,14H2,(H2,28,34)(H,31,35). The van der Waals surface area contributed by atoms with Crippen LogP contribution >= 0.6 is 11.6 Å². The van der Waals surface area contributed by atoms with E-state index < -0.39 is 0 Å². The average Bonchev–Trinajstić information content (AvgIpc) is 3.28. The third kappa shape index (κ3) is 4.97. The van der Waals surface area contributed by atoms with Gasteiger partial charge in [-0.3, -0.25) is 9.59 Å². The number of amides is 2. The second kappa shape index (κ2) is 9.76. The van der Waals surface area contributed by atoms with Crippen molar-refractivity contribution in [1.29, 1.82) is 0 Å². The molecule has 5 rings (SSSR count). The highest BCUT2D eigenvalue weighted by molar-refractivity contribution is 6.30. The Morgan fingerprint density at radius 3 is 2.66 bits per heavy atom. The first-order chi connectivity index (χ1) is 17.0. The van der Waals surface area contributed by atoms with E-state index in [1.165, 1.54) is 0 Å². The zero-order valence-corrected chi connectivity index (χ0v) is 19.8. The molecule has 178 valence electrons. The Hall–Kier alpha value is -3.91. The number of hydrogen-bond donors (Lipinski definition) is 2. The third-order valence-corrected chi connectivity index (χ3v) is 6.57. The molecule has 35 heavy (non-hydrogen) atoms. The zero-order valence-electron chi connectivity index (χ0n) is 19.0. The molecule has 0 spiro atoms. The van der Waals surface area contributed by atoms with Crippen LogP contribution in [0.25, 0.3) is 16.8 Å². The van der Waals surface area contributed by atoms with Crippen LogP contribution in [0.1, 0.15) is 29.8 Å². The van der Waals surface area contributed by atoms with E-state index >= 15 is 0 Å². The molecular weight excluding hydrogens is 464 g/mol. The number of piperidine rings is 1. The topological polar surface area (TPSA) is 106 Å². The molecule has 1 fully saturated rings. The maximum absolute atomic E-state index is 13.2. The summed E-state index contributed by atoms with van der Waals surface area (Å²) in [4.78, 5) is 31.3. The smallest absolute Gasteiger partial charge is 0.274 e. The molecule has 0 unspecified atom stereocenters. The van der Waals surface area contributed by atoms with Crippen molar-refractivity contribution in [1.82, 2.24) is 14.6 Å². The first-order valence-corrected chi connectivity index (χ1v) is 11.9. The minimum absolute atomic E-state index is 0.253. The zero-order chi connectivity index (χ0) is 24.4. The van der Waals surface area contributed by atoms with Crippen molar-refractivity contribution in [3.8, 4) is 11.1 Å². The Bertz CT molecular complexity index is 1390. The summed E-state index contributed by atoms with van der Waals surface area (Å²) in [5, 5.41) is 7.99. The molecule has 0 atom stereocenters. The van der Waals surface area contributed by atoms with E-state index in [9.17, 15) is 9.59 Å². The van der Waals surface area contributed by atoms with E-state index in [2.05, 4.69) is 20.3 Å². The highest BCUT2D eigenvalue weighted by Crippen LogP contribution is 2.31. The van der Waals surface area contributed by atoms with Crippen LogP contribution in [-0.2, 0) is 4.79 Å². The summed E-state index contributed by atoms with van der Waals surface area (Å²) in [6, 6.07) is 16.8. The molecule has 1 saturated heterocycles. The summed E-state index contributed by atoms with van der Waals surface area (Å²) in [6.45, 7) is 1.60. The van der Waals surface area contributed by atoms with E-state index in [0.717, 1.165) is 48.4 Å². The van der Waals surface area contributed by atoms with Crippen LogP contribution in [0.2, 0.25) is 5.02 Å². The lowest BCUT2D eigenvalue weighted by Crippen LogP contribution is -2.35. The van der Waals surface area contributed by atoms with Crippen LogP contribution in [0.15, 0.2) is 67.0 Å². The largest absolute Gasteiger partial charge is 0.370 e. The van der Waals surface area contributed by atoms with Gasteiger partial charge < -0.3 is 16.0 Å². The summed E-state index contributed by atoms with van der Waals surface area (Å²) in [6.07, 6.45) is 5.63. The lowest BCUT2D eigenvalue weighted by Gasteiger charge is -2.34. The summed E-state index contributed by atoms with van der Waals surface area (Å²) in [5.74, 6) is -0.245. The molecule has 0 aliphatic carbocycles. The van der Waals surface area contributed by atoms with Gasteiger partial charge in [0, 0.05) is 36.3 Å². The van der Waals surface area contributed by atoms with Crippen molar-refractivity contribution in [2.75, 3.05) is 23.3 Å². The van der Waals surface area contributed by atoms with Gasteiger partial charge in [0.25, 0.3) is 5.91 Å². The number of halogens is 1. The number of benzene rings is 2. The minimum atomic E-state index is -0.304. The molecule has 1 aliphatic heterocycles. The van der Waals surface area contributed by atoms with Crippen LogP contribution < -0.4 is 16.0 Å². The highest BCUT2D eigenvalue weighted by atomic mass is 35.5. The van der Waals surface area contributed by atoms with Crippen molar-refractivity contribution < 1.29 is 9.59 Å². The Balaban J connectivity index is 1.37. The number of carbonyl (C=O) groups excluding carboxylic acids is 2. The predicted octanol–water partition coefficient (Wildman–Crippen LogP) is 4.39. The number of primary amides is 1. The first kappa shape index (κ1) is 22.9. The van der Waals surface area contributed by atoms with Gasteiger partial charge >= 0.3 is 0 Å². The molecule has 4 aromatic rings. The second-order valence-electron chi connectivity index (χ2n) is 8.72. The minimum Gasteiger partial charge on any atom is -0.370 e. The van der Waals surface area contributed by atoms with Crippen molar-refractivity contribution >= 4 is 40.4 Å². The SMILES string of the molecule is NC(=O)CC1CCN(c2ccccc2NC(=O)c2ccn3ncc(-c4cccc(Cl)c4)c3n2)CC1. The van der Waals surface area contributed by atoms with Gasteiger partial charge in [-0.1, -0.05) is 35.9 Å². The predicted molar refractivity (Wildman–Crippen MR) is 137 cm³/mol. The fraction of sp³-hybridized carbons (Fsp3) is 0.231. The molecule has 8 nitrogen and oxygen atoms in total. The van der Waals surface area contributed by atoms with Crippen molar-refractivity contribution in [3.63, 3.8) is 0 Å². The third-order valence-electron chi connectivity index (χ3n) is 6.33. The number of hydrogen-bond acceptors (Lipinski definition) is 5. The van der Waals surface area contributed by atoms with Gasteiger partial charge in [-0.15, -0.1) is 0 Å². The Morgan fingerprint density at radius 2 is 1.89 bits per heavy atom. The van der Waals surface area contributed by atoms with Crippen LogP contribution in [0.3, 0.4) is 0 Å². The molecule has 2 aromatic carbocycles. The number of carbonyl (C=O) groups is 2. The highest BCUT2D eigenvalue weighted by Gasteiger charge is 2.23. The van der Waals surface area contributed by atoms with E-state index in [1.807, 2.05) is 42.5 Å². The number of nitrogens with one attached hydrogen (secondary N) is 1. The molecule has 0 radical (unpaired) electrons. The van der Waals surface area contributed by atoms with Crippen molar-refractivity contribution in [2.45, 2.75) is 19.3 Å². The first-order valence-electron chi connectivity index (χ1n) is 11.5. The van der Waals surface area contributed by atoms with Gasteiger partial charge in [0.2, 0.25) is 5.91 Å². The number of para-hydroxylation sites is 2. The number of nitrogens with two attached hydrogens (primary N) is 1. The number of fused-ring (bicyclic) bond motifs is 1. The van der Waals surface area contributed by atoms with Crippen molar-refractivity contribution in [2.24, 2.45) is 11.7 Å². The monoisotopic (exact) mass is 488 g/mol. The van der Waals surface area contributed by atoms with E-state index in [1.54, 1.807) is 29.0 Å². The Kier molecular flexibility index (Phi) is 6.37. The molecule has 9 heteroatoms. The summed E-state index contributed by atoms with van der Waals surface area (Å²) >= 11 is 6.16. The normalized spacial score (nSPS) is 14.3. The summed E-state index contributed by atoms with van der Waals surface area (Å²) < 4.78 is 1.64. The number of anilines is 2. The van der Waals surface area contributed by atoms with E-state index in [-0.39, 0.29) is 17.5 Å². The van der Waals surface area contributed by atoms with Crippen LogP contribution in [0.5, 0.6) is 0 Å². The Labute approximate surface area is 207 Å². The molecular formula is C26H25ClN6O2. The van der Waals surface area contributed by atoms with Crippen LogP contribution in [0, 0.1) is 5.92 Å². The maximum Gasteiger partial charge on any atom is 0.274 e. The van der Waals surface area contributed by atoms with Gasteiger partial charge in [0.1, 0.15) is 5.69 Å². The average molecular weight is 489 g/mol. The summed E-state index contributed by atoms with van der Waals surface area (Å²) in [5.41, 5.74) is 9.56. The molecule has 0 bridgehead atoms. The lowest BCUT2D eigenvalue weighted by molar-refractivity contribution is -0.119. The Morgan fingerprint density at radius 1 is 1.09 bits per heavy atom. The summed E-state index contributed by atoms with van der Waals surface area (Å²) in [7, 11) is 0. The van der Waals surface area contributed by atoms with Crippen molar-refractivity contribution in [3.05, 3.63) is 77.7 Å². The molecule has 3 N–H and O–H groups in total. The molecule has 2 aromatic heterocycles. The van der Waals surface area contributed by atoms with E-state index in [4.69, 9.17) is 17.3 Å². The van der Waals surface area contributed by atoms with Crippen LogP contribution in [-0.4, -0.2) is 39.5 Å². The van der Waals surface area contributed by atoms with Gasteiger partial charge in [-0.05, 0) is 54.7 Å². The van der Waals surface area contributed by atoms with E-state index in [0.29, 0.717) is 23.0 Å². The van der Waals surface area contributed by atoms with Gasteiger partial charge in [-0.25, -0.2) is 9.50 Å². The molecule has 1 aliphatic rings. The molecule has 3 heterocycles. The number of aromatic nitrogens is 3. The maximum atomic E-state index is 13.2. The number of rotatable bonds is 6. The van der Waals surface area contributed by atoms with Crippen LogP contribution in [0.4, 0.5) is 11.4 Å². The van der Waals surface area contributed by atoms with Gasteiger partial charge in [0.15, 0.2) is 5.65 Å². The van der Waals surface area contributed by atoms with Gasteiger partial charge in [-0.2, -0.15) is 5.10 Å². The van der Waals surface area contributed by atoms with Gasteiger partial charge in [0.05, 0.1) is 17.6 Å². The lowest BCUT2D eigenvalue weighted by atomic mass is 9.93. The molecule has 2 amide bonds. The number of nitrogens with zero attached hydrogens (tertiary/aromatic N) is 4. The fourth-order valence-electron chi connectivity index (χ4n) is 4.56. The molecule has 0 saturated carbocycles. The second-order valence-corrected chi connectivity index (χ2v) is 9.16.